The van der Waals surface area contributed by atoms with Crippen molar-refractivity contribution in [1.29, 1.82) is 0 Å². The van der Waals surface area contributed by atoms with Gasteiger partial charge in [-0.15, -0.1) is 0 Å². The number of aliphatic hydroxyl groups excluding tert-OH is 2. The molecule has 0 saturated carbocycles. The van der Waals surface area contributed by atoms with E-state index in [1.165, 1.54) is 99.4 Å². The molecule has 14 atom stereocenters. The Morgan fingerprint density at radius 1 is 0.500 bits per heavy atom. The summed E-state index contributed by atoms with van der Waals surface area (Å²) in [4.78, 5) is 174. The van der Waals surface area contributed by atoms with Crippen molar-refractivity contribution in [3.63, 3.8) is 0 Å². The quantitative estimate of drug-likeness (QED) is 0.0114. The Hall–Kier alpha value is -11.4. The van der Waals surface area contributed by atoms with Gasteiger partial charge in [0.2, 0.25) is 24.8 Å². The molecule has 4 saturated heterocycles. The summed E-state index contributed by atoms with van der Waals surface area (Å²) in [6.07, 6.45) is -15.1. The third-order valence-corrected chi connectivity index (χ3v) is 21.7. The SMILES string of the molecule is C=C1C[C@H]2C(O)N(C(=O)OCc3ccc(O[C@@H]4O[C@H](C)[C@@H](C)[C@H](OC(C)=O)[C@H]4OC(C)=O)c(C(=O)CCCON(C(=O)OC(C)(C)C)C(=O)OC(C)(C)C)c3)c3cc(OCCCCCOc4cc5c(cc4OC)C(=O)N4CC(=C)C[C@H]4C(O)N5C(=O)OCc4ccc(O[C@@H]5O[C@H](C)[C@@H](C)[C@H](OC(C)=O)[C@H]5OC(C)=O)c(C(=O)CCCOC)c4)c(C)cc3C(=O)N2C1. The number of ether oxygens (including phenoxy) is 16. The fraction of sp³-hybridized carbons (Fsp3) is 0.556. The van der Waals surface area contributed by atoms with E-state index in [9.17, 15) is 67.7 Å². The third kappa shape index (κ3) is 23.8. The lowest BCUT2D eigenvalue weighted by molar-refractivity contribution is -0.263. The Morgan fingerprint density at radius 3 is 1.32 bits per heavy atom. The van der Waals surface area contributed by atoms with Crippen LogP contribution in [0.3, 0.4) is 0 Å². The van der Waals surface area contributed by atoms with Crippen molar-refractivity contribution < 1.29 is 148 Å². The molecule has 4 fully saturated rings. The Morgan fingerprint density at radius 2 is 0.905 bits per heavy atom. The lowest BCUT2D eigenvalue weighted by atomic mass is 9.91. The van der Waals surface area contributed by atoms with E-state index >= 15 is 0 Å². The number of anilines is 2. The van der Waals surface area contributed by atoms with Gasteiger partial charge in [0.1, 0.15) is 53.9 Å². The molecule has 0 aromatic heterocycles. The Kier molecular flexibility index (Phi) is 32.1. The topological polar surface area (TPSA) is 418 Å². The first-order chi connectivity index (χ1) is 59.5. The molecule has 10 rings (SSSR count). The summed E-state index contributed by atoms with van der Waals surface area (Å²) in [6, 6.07) is 12.6. The number of Topliss-reactive ketones (excluding diaryl/α,β-unsaturated/α-hetero) is 2. The second-order valence-corrected chi connectivity index (χ2v) is 34.0. The summed E-state index contributed by atoms with van der Waals surface area (Å²) in [5.41, 5.74) is -0.00145. The van der Waals surface area contributed by atoms with E-state index in [0.29, 0.717) is 53.0 Å². The Labute approximate surface area is 730 Å². The van der Waals surface area contributed by atoms with Crippen molar-refractivity contribution in [1.82, 2.24) is 14.9 Å². The van der Waals surface area contributed by atoms with Gasteiger partial charge in [-0.05, 0) is 160 Å². The molecule has 36 heteroatoms. The minimum absolute atomic E-state index is 0.00105. The smallest absolute Gasteiger partial charge is 0.444 e. The molecule has 686 valence electrons. The minimum atomic E-state index is -1.70. The van der Waals surface area contributed by atoms with Gasteiger partial charge >= 0.3 is 48.3 Å². The van der Waals surface area contributed by atoms with E-state index in [1.54, 1.807) is 82.2 Å². The number of esters is 4. The number of amides is 6. The van der Waals surface area contributed by atoms with Crippen molar-refractivity contribution in [2.24, 2.45) is 11.8 Å². The molecule has 4 aromatic carbocycles. The molecule has 6 aliphatic rings. The van der Waals surface area contributed by atoms with Crippen LogP contribution in [0.5, 0.6) is 28.7 Å². The highest BCUT2D eigenvalue weighted by Crippen LogP contribution is 2.45. The largest absolute Gasteiger partial charge is 0.493 e. The van der Waals surface area contributed by atoms with E-state index in [0.717, 1.165) is 16.7 Å². The lowest BCUT2D eigenvalue weighted by Gasteiger charge is -2.43. The number of unbranched alkanes of at least 4 members (excludes halogenated alkanes) is 2. The molecule has 0 aliphatic carbocycles. The molecule has 126 heavy (non-hydrogen) atoms. The molecule has 0 radical (unpaired) electrons. The molecule has 2 N–H and O–H groups in total. The van der Waals surface area contributed by atoms with Gasteiger partial charge < -0.3 is 95.8 Å². The number of hydrogen-bond acceptors (Lipinski definition) is 31. The molecule has 6 aliphatic heterocycles. The summed E-state index contributed by atoms with van der Waals surface area (Å²) in [5, 5.41) is 24.9. The van der Waals surface area contributed by atoms with Gasteiger partial charge in [0.15, 0.2) is 35.5 Å². The molecular formula is C90H115N5O31. The van der Waals surface area contributed by atoms with Crippen LogP contribution in [0.25, 0.3) is 0 Å². The van der Waals surface area contributed by atoms with Crippen LogP contribution in [0.2, 0.25) is 0 Å². The molecule has 0 spiro atoms. The second-order valence-electron chi connectivity index (χ2n) is 34.0. The van der Waals surface area contributed by atoms with Gasteiger partial charge in [0, 0.05) is 91.3 Å². The number of carbonyl (C=O) groups is 12. The van der Waals surface area contributed by atoms with Crippen LogP contribution >= 0.6 is 0 Å². The zero-order chi connectivity index (χ0) is 92.2. The highest BCUT2D eigenvalue weighted by Gasteiger charge is 2.52. The number of rotatable bonds is 32. The normalized spacial score (nSPS) is 23.3. The fourth-order valence-corrected chi connectivity index (χ4v) is 15.4. The highest BCUT2D eigenvalue weighted by molar-refractivity contribution is 6.07. The summed E-state index contributed by atoms with van der Waals surface area (Å²) in [6.45, 7) is 30.2. The standard InChI is InChI=1S/C90H115N5O31/c1-47-35-66-81(104)93(85(106)114-45-59-28-30-71(124-84-78(122-57(11)99)76(120-55(9)97)51(5)53(7)118-84)63(39-59)69(101)26-24-34-116-95(87(108)125-89(12,13)14)88(109)126-90(15,16)17)64-41-72(49(3)37-60(64)79(102)91(66)43-47)112-32-21-20-22-33-113-74-42-65-61(40-73(74)111-19)80(103)92-44-48(2)36-67(92)82(105)94(65)86(107)115-46-58-27-29-70(62(38-58)68(100)25-23-31-110-18)123-83-77(121-56(10)98)75(119-54(8)96)50(4)52(6)117-83/h27-30,37-42,50-53,66-67,75-78,81-84,104-105H,1-2,20-26,31-36,43-46H2,3-19H3/t50-,51-,52-,53-,66+,67+,75+,76+,77-,78-,81?,82?,83+,84+/m1/s1. The van der Waals surface area contributed by atoms with Crippen LogP contribution in [-0.4, -0.2) is 235 Å². The van der Waals surface area contributed by atoms with Crippen molar-refractivity contribution in [3.8, 4) is 28.7 Å². The average Bonchev–Trinajstić information content (AvgIpc) is 1.60. The maximum absolute atomic E-state index is 14.9. The maximum Gasteiger partial charge on any atom is 0.444 e. The van der Waals surface area contributed by atoms with Crippen LogP contribution in [0, 0.1) is 18.8 Å². The first kappa shape index (κ1) is 96.8. The van der Waals surface area contributed by atoms with Gasteiger partial charge in [0.25, 0.3) is 11.8 Å². The number of aliphatic hydroxyl groups is 2. The number of fused-ring (bicyclic) bond motifs is 4. The molecule has 6 heterocycles. The van der Waals surface area contributed by atoms with Gasteiger partial charge in [-0.2, -0.15) is 0 Å². The number of nitrogens with zero attached hydrogens (tertiary/aromatic N) is 5. The zero-order valence-electron chi connectivity index (χ0n) is 74.3. The molecule has 2 unspecified atom stereocenters. The fourth-order valence-electron chi connectivity index (χ4n) is 15.4. The van der Waals surface area contributed by atoms with Crippen LogP contribution < -0.4 is 33.5 Å². The molecular weight excluding hydrogens is 1650 g/mol. The number of benzene rings is 4. The van der Waals surface area contributed by atoms with Crippen molar-refractivity contribution in [2.75, 3.05) is 63.5 Å². The number of carbonyl (C=O) groups excluding carboxylic acids is 12. The van der Waals surface area contributed by atoms with Gasteiger partial charge in [-0.1, -0.05) is 55.3 Å². The first-order valence-electron chi connectivity index (χ1n) is 41.9. The second kappa shape index (κ2) is 41.8. The van der Waals surface area contributed by atoms with Crippen molar-refractivity contribution in [2.45, 2.75) is 260 Å². The van der Waals surface area contributed by atoms with Crippen LogP contribution in [0.4, 0.5) is 30.6 Å². The predicted octanol–water partition coefficient (Wildman–Crippen LogP) is 12.0. The molecule has 4 aromatic rings. The molecule has 0 bridgehead atoms. The maximum atomic E-state index is 14.9. The van der Waals surface area contributed by atoms with Gasteiger partial charge in [-0.3, -0.25) is 43.2 Å². The minimum Gasteiger partial charge on any atom is -0.493 e. The summed E-state index contributed by atoms with van der Waals surface area (Å²) < 4.78 is 94.3. The first-order valence-corrected chi connectivity index (χ1v) is 41.9. The van der Waals surface area contributed by atoms with Crippen LogP contribution in [0.15, 0.2) is 85.0 Å². The number of imide groups is 1. The van der Waals surface area contributed by atoms with E-state index < -0.39 is 188 Å². The Balaban J connectivity index is 0.841. The van der Waals surface area contributed by atoms with Crippen molar-refractivity contribution >= 4 is 83.0 Å². The monoisotopic (exact) mass is 1760 g/mol. The molecule has 36 nitrogen and oxygen atoms in total. The van der Waals surface area contributed by atoms with Gasteiger partial charge in [-0.25, -0.2) is 29.0 Å². The number of ketones is 2. The number of aryl methyl sites for hydroxylation is 1. The third-order valence-electron chi connectivity index (χ3n) is 21.7. The highest BCUT2D eigenvalue weighted by atomic mass is 16.8. The average molecular weight is 1760 g/mol. The molecule has 6 amide bonds. The number of hydrogen-bond donors (Lipinski definition) is 2. The zero-order valence-corrected chi connectivity index (χ0v) is 74.3. The van der Waals surface area contributed by atoms with E-state index in [1.807, 2.05) is 0 Å². The number of hydroxylamine groups is 2. The van der Waals surface area contributed by atoms with E-state index in [2.05, 4.69) is 13.2 Å². The lowest BCUT2D eigenvalue weighted by Crippen LogP contribution is -2.57. The van der Waals surface area contributed by atoms with Crippen molar-refractivity contribution in [3.05, 3.63) is 124 Å². The summed E-state index contributed by atoms with van der Waals surface area (Å²) >= 11 is 0. The number of methoxy groups -OCH3 is 2. The summed E-state index contributed by atoms with van der Waals surface area (Å²) in [5.74, 6) is -5.38. The van der Waals surface area contributed by atoms with Gasteiger partial charge in [0.05, 0.1) is 84.9 Å². The predicted molar refractivity (Wildman–Crippen MR) is 446 cm³/mol. The summed E-state index contributed by atoms with van der Waals surface area (Å²) in [7, 11) is 2.87. The van der Waals surface area contributed by atoms with E-state index in [-0.39, 0.29) is 133 Å². The van der Waals surface area contributed by atoms with Crippen LogP contribution in [0.1, 0.15) is 213 Å². The Bertz CT molecular complexity index is 4730. The van der Waals surface area contributed by atoms with E-state index in [4.69, 9.17) is 80.6 Å². The van der Waals surface area contributed by atoms with Crippen LogP contribution in [-0.2, 0) is 89.3 Å².